The molecule has 0 aliphatic heterocycles. The molecule has 2 unspecified atom stereocenters. The van der Waals surface area contributed by atoms with Crippen LogP contribution in [0.2, 0.25) is 0 Å². The summed E-state index contributed by atoms with van der Waals surface area (Å²) in [5, 5.41) is 0. The predicted molar refractivity (Wildman–Crippen MR) is 66.4 cm³/mol. The van der Waals surface area contributed by atoms with Crippen molar-refractivity contribution in [2.75, 3.05) is 0 Å². The Balaban J connectivity index is 4.21. The first-order valence-electron chi connectivity index (χ1n) is 5.19. The van der Waals surface area contributed by atoms with E-state index in [1.807, 2.05) is 0 Å². The summed E-state index contributed by atoms with van der Waals surface area (Å²) in [5.41, 5.74) is 0. The molecular weight excluding hydrogens is 251 g/mol. The van der Waals surface area contributed by atoms with Gasteiger partial charge in [0, 0.05) is 0 Å². The maximum atomic E-state index is 11.4. The average Bonchev–Trinajstić information content (AvgIpc) is 1.99. The highest BCUT2D eigenvalue weighted by atomic mass is 35.5. The third kappa shape index (κ3) is 5.80. The fourth-order valence-corrected chi connectivity index (χ4v) is 0.686. The van der Waals surface area contributed by atoms with Crippen molar-refractivity contribution in [3.63, 3.8) is 0 Å². The molecule has 0 amide bonds. The lowest BCUT2D eigenvalue weighted by Crippen LogP contribution is -2.36. The van der Waals surface area contributed by atoms with Crippen molar-refractivity contribution < 1.29 is 14.3 Å². The lowest BCUT2D eigenvalue weighted by molar-refractivity contribution is -0.00778. The van der Waals surface area contributed by atoms with Gasteiger partial charge in [0.1, 0.15) is 12.2 Å². The van der Waals surface area contributed by atoms with Crippen LogP contribution in [0.25, 0.3) is 0 Å². The summed E-state index contributed by atoms with van der Waals surface area (Å²) in [6.07, 6.45) is -1.62. The second-order valence-corrected chi connectivity index (χ2v) is 6.85. The van der Waals surface area contributed by atoms with Crippen LogP contribution >= 0.6 is 23.2 Å². The van der Waals surface area contributed by atoms with E-state index in [4.69, 9.17) is 32.7 Å². The van der Waals surface area contributed by atoms with E-state index in [0.29, 0.717) is 0 Å². The minimum atomic E-state index is -0.748. The van der Waals surface area contributed by atoms with E-state index in [-0.39, 0.29) is 0 Å². The quantitative estimate of drug-likeness (QED) is 0.573. The monoisotopic (exact) mass is 270 g/mol. The molecule has 0 aromatic rings. The zero-order valence-electron chi connectivity index (χ0n) is 10.6. The fraction of sp³-hybridized carbons (Fsp3) is 0.909. The first-order chi connectivity index (χ1) is 6.94. The van der Waals surface area contributed by atoms with E-state index in [2.05, 4.69) is 0 Å². The summed E-state index contributed by atoms with van der Waals surface area (Å²) < 4.78 is 10.1. The lowest BCUT2D eigenvalue weighted by Gasteiger charge is -2.27. The smallest absolute Gasteiger partial charge is 0.429 e. The number of alkyl halides is 2. The molecule has 0 rings (SSSR count). The van der Waals surface area contributed by atoms with Crippen LogP contribution in [-0.4, -0.2) is 28.1 Å². The Morgan fingerprint density at radius 3 is 1.38 bits per heavy atom. The summed E-state index contributed by atoms with van der Waals surface area (Å²) in [6, 6.07) is 0. The van der Waals surface area contributed by atoms with Gasteiger partial charge in [0.25, 0.3) is 0 Å². The predicted octanol–water partition coefficient (Wildman–Crippen LogP) is 3.95. The molecule has 5 heteroatoms. The van der Waals surface area contributed by atoms with Gasteiger partial charge in [-0.3, -0.25) is 0 Å². The van der Waals surface area contributed by atoms with E-state index in [1.54, 1.807) is 41.5 Å². The Bertz CT molecular complexity index is 217. The summed E-state index contributed by atoms with van der Waals surface area (Å²) in [7, 11) is 0. The van der Waals surface area contributed by atoms with Gasteiger partial charge in [0.2, 0.25) is 0 Å². The van der Waals surface area contributed by atoms with Gasteiger partial charge in [-0.1, -0.05) is 0 Å². The van der Waals surface area contributed by atoms with Crippen molar-refractivity contribution in [3.8, 4) is 0 Å². The molecule has 96 valence electrons. The number of ether oxygens (including phenoxy) is 2. The van der Waals surface area contributed by atoms with Crippen LogP contribution in [0.1, 0.15) is 41.5 Å². The zero-order chi connectivity index (χ0) is 13.1. The molecule has 0 heterocycles. The summed E-state index contributed by atoms with van der Waals surface area (Å²) in [5.74, 6) is 0. The SMILES string of the molecule is CC(OC(=O)OC(C)C(C)(C)Cl)C(C)(C)Cl. The van der Waals surface area contributed by atoms with Crippen molar-refractivity contribution in [2.45, 2.75) is 63.5 Å². The Morgan fingerprint density at radius 2 is 1.19 bits per heavy atom. The molecule has 0 aromatic carbocycles. The number of hydrogen-bond acceptors (Lipinski definition) is 3. The number of carbonyl (C=O) groups excluding carboxylic acids is 1. The van der Waals surface area contributed by atoms with E-state index >= 15 is 0 Å². The molecule has 0 radical (unpaired) electrons. The van der Waals surface area contributed by atoms with Gasteiger partial charge in [0.15, 0.2) is 0 Å². The lowest BCUT2D eigenvalue weighted by atomic mass is 10.1. The van der Waals surface area contributed by atoms with Crippen molar-refractivity contribution in [3.05, 3.63) is 0 Å². The summed E-state index contributed by atoms with van der Waals surface area (Å²) in [6.45, 7) is 10.5. The number of hydrogen-bond donors (Lipinski definition) is 0. The molecule has 0 aliphatic carbocycles. The topological polar surface area (TPSA) is 35.5 Å². The minimum Gasteiger partial charge on any atom is -0.429 e. The Kier molecular flexibility index (Phi) is 5.40. The Labute approximate surface area is 107 Å². The normalized spacial score (nSPS) is 16.5. The molecule has 3 nitrogen and oxygen atoms in total. The van der Waals surface area contributed by atoms with Crippen LogP contribution in [0.3, 0.4) is 0 Å². The molecule has 0 aromatic heterocycles. The van der Waals surface area contributed by atoms with Gasteiger partial charge in [-0.2, -0.15) is 0 Å². The van der Waals surface area contributed by atoms with E-state index in [0.717, 1.165) is 0 Å². The molecule has 0 saturated heterocycles. The second kappa shape index (κ2) is 5.46. The molecule has 0 aliphatic rings. The van der Waals surface area contributed by atoms with Gasteiger partial charge in [-0.25, -0.2) is 4.79 Å². The number of rotatable bonds is 4. The van der Waals surface area contributed by atoms with Gasteiger partial charge < -0.3 is 9.47 Å². The molecular formula is C11H20Cl2O3. The van der Waals surface area contributed by atoms with Gasteiger partial charge in [-0.15, -0.1) is 23.2 Å². The molecule has 0 spiro atoms. The van der Waals surface area contributed by atoms with Crippen LogP contribution < -0.4 is 0 Å². The Hall–Kier alpha value is -0.150. The largest absolute Gasteiger partial charge is 0.508 e. The maximum Gasteiger partial charge on any atom is 0.508 e. The van der Waals surface area contributed by atoms with Crippen molar-refractivity contribution in [2.24, 2.45) is 0 Å². The fourth-order valence-electron chi connectivity index (χ4n) is 0.597. The molecule has 0 N–H and O–H groups in total. The van der Waals surface area contributed by atoms with Gasteiger partial charge in [0.05, 0.1) is 9.75 Å². The molecule has 0 bridgehead atoms. The third-order valence-corrected chi connectivity index (χ3v) is 3.09. The third-order valence-electron chi connectivity index (χ3n) is 2.48. The highest BCUT2D eigenvalue weighted by Crippen LogP contribution is 2.23. The van der Waals surface area contributed by atoms with E-state index < -0.39 is 28.1 Å². The molecule has 2 atom stereocenters. The zero-order valence-corrected chi connectivity index (χ0v) is 12.1. The van der Waals surface area contributed by atoms with Crippen molar-refractivity contribution in [1.82, 2.24) is 0 Å². The van der Waals surface area contributed by atoms with E-state index in [1.165, 1.54) is 0 Å². The summed E-state index contributed by atoms with van der Waals surface area (Å²) >= 11 is 12.0. The van der Waals surface area contributed by atoms with Crippen LogP contribution in [0.15, 0.2) is 0 Å². The van der Waals surface area contributed by atoms with Gasteiger partial charge in [-0.05, 0) is 41.5 Å². The Morgan fingerprint density at radius 1 is 0.938 bits per heavy atom. The first kappa shape index (κ1) is 15.9. The van der Waals surface area contributed by atoms with E-state index in [9.17, 15) is 4.79 Å². The molecule has 0 fully saturated rings. The van der Waals surface area contributed by atoms with Crippen molar-refractivity contribution >= 4 is 29.4 Å². The first-order valence-corrected chi connectivity index (χ1v) is 5.95. The van der Waals surface area contributed by atoms with Crippen LogP contribution in [0.5, 0.6) is 0 Å². The standard InChI is InChI=1S/C11H20Cl2O3/c1-7(10(3,4)12)15-9(14)16-8(2)11(5,6)13/h7-8H,1-6H3. The second-order valence-electron chi connectivity index (χ2n) is 4.90. The van der Waals surface area contributed by atoms with Crippen LogP contribution in [-0.2, 0) is 9.47 Å². The minimum absolute atomic E-state index is 0.438. The highest BCUT2D eigenvalue weighted by molar-refractivity contribution is 6.24. The number of carbonyl (C=O) groups is 1. The van der Waals surface area contributed by atoms with Crippen LogP contribution in [0.4, 0.5) is 4.79 Å². The van der Waals surface area contributed by atoms with Crippen molar-refractivity contribution in [1.29, 1.82) is 0 Å². The average molecular weight is 271 g/mol. The summed E-state index contributed by atoms with van der Waals surface area (Å²) in [4.78, 5) is 10.1. The van der Waals surface area contributed by atoms with Crippen LogP contribution in [0, 0.1) is 0 Å². The van der Waals surface area contributed by atoms with Gasteiger partial charge >= 0.3 is 6.16 Å². The number of halogens is 2. The highest BCUT2D eigenvalue weighted by Gasteiger charge is 2.30. The molecule has 0 saturated carbocycles. The molecule has 16 heavy (non-hydrogen) atoms. The maximum absolute atomic E-state index is 11.4.